The van der Waals surface area contributed by atoms with E-state index in [1.807, 2.05) is 18.7 Å². The molecular weight excluding hydrogens is 234 g/mol. The van der Waals surface area contributed by atoms with E-state index in [-0.39, 0.29) is 11.5 Å². The van der Waals surface area contributed by atoms with Crippen LogP contribution in [0.1, 0.15) is 44.0 Å². The van der Waals surface area contributed by atoms with Gasteiger partial charge in [0.1, 0.15) is 0 Å². The van der Waals surface area contributed by atoms with Gasteiger partial charge in [-0.25, -0.2) is 0 Å². The average Bonchev–Trinajstić information content (AvgIpc) is 2.80. The topological polar surface area (TPSA) is 43.8 Å². The van der Waals surface area contributed by atoms with E-state index < -0.39 is 0 Å². The fourth-order valence-electron chi connectivity index (χ4n) is 2.91. The van der Waals surface area contributed by atoms with Crippen molar-refractivity contribution in [3.05, 3.63) is 16.4 Å². The number of hydrogen-bond acceptors (Lipinski definition) is 2. The lowest BCUT2D eigenvalue weighted by Crippen LogP contribution is -2.39. The Morgan fingerprint density at radius 3 is 2.53 bits per heavy atom. The molecule has 1 atom stereocenters. The Labute approximate surface area is 108 Å². The number of nitrogens with zero attached hydrogens (tertiary/aromatic N) is 2. The minimum atomic E-state index is 0.178. The van der Waals surface area contributed by atoms with E-state index in [9.17, 15) is 0 Å². The highest BCUT2D eigenvalue weighted by Crippen LogP contribution is 2.41. The Morgan fingerprint density at radius 2 is 2.06 bits per heavy atom. The van der Waals surface area contributed by atoms with Crippen LogP contribution < -0.4 is 5.73 Å². The molecule has 1 heterocycles. The molecular formula is C13H22ClN3. The molecule has 0 bridgehead atoms. The highest BCUT2D eigenvalue weighted by molar-refractivity contribution is 6.31. The summed E-state index contributed by atoms with van der Waals surface area (Å²) in [7, 11) is 1.94. The van der Waals surface area contributed by atoms with Crippen molar-refractivity contribution in [1.29, 1.82) is 0 Å². The molecule has 0 spiro atoms. The van der Waals surface area contributed by atoms with Crippen molar-refractivity contribution < 1.29 is 0 Å². The fraction of sp³-hybridized carbons (Fsp3) is 0.769. The monoisotopic (exact) mass is 255 g/mol. The third-order valence-corrected chi connectivity index (χ3v) is 4.81. The smallest absolute Gasteiger partial charge is 0.0847 e. The summed E-state index contributed by atoms with van der Waals surface area (Å²) < 4.78 is 1.87. The molecule has 0 radical (unpaired) electrons. The predicted molar refractivity (Wildman–Crippen MR) is 71.2 cm³/mol. The van der Waals surface area contributed by atoms with Crippen molar-refractivity contribution in [1.82, 2.24) is 9.78 Å². The van der Waals surface area contributed by atoms with Gasteiger partial charge in [0.05, 0.1) is 16.4 Å². The molecule has 1 aliphatic rings. The average molecular weight is 256 g/mol. The Hall–Kier alpha value is -0.540. The molecule has 1 aliphatic carbocycles. The summed E-state index contributed by atoms with van der Waals surface area (Å²) in [6, 6.07) is 0.178. The van der Waals surface area contributed by atoms with Crippen LogP contribution in [0.4, 0.5) is 0 Å². The van der Waals surface area contributed by atoms with Crippen molar-refractivity contribution in [2.75, 3.05) is 0 Å². The van der Waals surface area contributed by atoms with Crippen LogP contribution in [0.25, 0.3) is 0 Å². The van der Waals surface area contributed by atoms with Crippen LogP contribution >= 0.6 is 11.6 Å². The number of aromatic nitrogens is 2. The van der Waals surface area contributed by atoms with Crippen LogP contribution in [0.2, 0.25) is 5.02 Å². The molecule has 0 aliphatic heterocycles. The summed E-state index contributed by atoms with van der Waals surface area (Å²) in [5.74, 6) is 0. The molecule has 3 nitrogen and oxygen atoms in total. The van der Waals surface area contributed by atoms with Gasteiger partial charge in [-0.15, -0.1) is 0 Å². The third-order valence-electron chi connectivity index (χ3n) is 4.32. The molecule has 1 aromatic rings. The van der Waals surface area contributed by atoms with Crippen molar-refractivity contribution in [3.63, 3.8) is 0 Å². The molecule has 2 N–H and O–H groups in total. The van der Waals surface area contributed by atoms with Gasteiger partial charge in [0.2, 0.25) is 0 Å². The molecule has 1 fully saturated rings. The van der Waals surface area contributed by atoms with Gasteiger partial charge in [-0.2, -0.15) is 5.10 Å². The summed E-state index contributed by atoms with van der Waals surface area (Å²) in [5, 5.41) is 5.12. The van der Waals surface area contributed by atoms with Crippen LogP contribution in [-0.4, -0.2) is 15.8 Å². The van der Waals surface area contributed by atoms with E-state index in [1.165, 1.54) is 25.7 Å². The van der Waals surface area contributed by atoms with Gasteiger partial charge in [-0.1, -0.05) is 31.4 Å². The maximum atomic E-state index is 6.39. The summed E-state index contributed by atoms with van der Waals surface area (Å²) in [6.07, 6.45) is 5.92. The Bertz CT molecular complexity index is 405. The first-order valence-electron chi connectivity index (χ1n) is 6.37. The largest absolute Gasteiger partial charge is 0.327 e. The molecule has 96 valence electrons. The van der Waals surface area contributed by atoms with Gasteiger partial charge in [0, 0.05) is 19.5 Å². The van der Waals surface area contributed by atoms with Crippen molar-refractivity contribution in [2.45, 2.75) is 52.0 Å². The Morgan fingerprint density at radius 1 is 1.47 bits per heavy atom. The van der Waals surface area contributed by atoms with Crippen LogP contribution in [0.5, 0.6) is 0 Å². The first kappa shape index (κ1) is 12.9. The van der Waals surface area contributed by atoms with Crippen molar-refractivity contribution in [2.24, 2.45) is 18.2 Å². The first-order valence-corrected chi connectivity index (χ1v) is 6.75. The SMILES string of the molecule is Cc1nn(C)c(CC(N)C2(C)CCCC2)c1Cl. The van der Waals surface area contributed by atoms with Crippen molar-refractivity contribution in [3.8, 4) is 0 Å². The molecule has 4 heteroatoms. The lowest BCUT2D eigenvalue weighted by Gasteiger charge is -2.31. The number of hydrogen-bond donors (Lipinski definition) is 1. The molecule has 0 aromatic carbocycles. The predicted octanol–water partition coefficient (Wildman–Crippen LogP) is 2.83. The highest BCUT2D eigenvalue weighted by atomic mass is 35.5. The second kappa shape index (κ2) is 4.62. The van der Waals surface area contributed by atoms with Crippen LogP contribution in [0.15, 0.2) is 0 Å². The third kappa shape index (κ3) is 2.36. The maximum absolute atomic E-state index is 6.39. The van der Waals surface area contributed by atoms with Gasteiger partial charge in [-0.05, 0) is 25.2 Å². The highest BCUT2D eigenvalue weighted by Gasteiger charge is 2.35. The standard InChI is InChI=1S/C13H22ClN3/c1-9-12(14)10(17(3)16-9)8-11(15)13(2)6-4-5-7-13/h11H,4-8,15H2,1-3H3. The lowest BCUT2D eigenvalue weighted by molar-refractivity contribution is 0.257. The number of halogens is 1. The van der Waals surface area contributed by atoms with Crippen LogP contribution in [0, 0.1) is 12.3 Å². The van der Waals surface area contributed by atoms with E-state index in [4.69, 9.17) is 17.3 Å². The normalized spacial score (nSPS) is 20.8. The molecule has 1 aromatic heterocycles. The Balaban J connectivity index is 2.15. The van der Waals surface area contributed by atoms with Gasteiger partial charge in [0.15, 0.2) is 0 Å². The van der Waals surface area contributed by atoms with Crippen molar-refractivity contribution >= 4 is 11.6 Å². The Kier molecular flexibility index (Phi) is 3.50. The van der Waals surface area contributed by atoms with Gasteiger partial charge in [0.25, 0.3) is 0 Å². The molecule has 1 saturated carbocycles. The van der Waals surface area contributed by atoms with Gasteiger partial charge < -0.3 is 5.73 Å². The number of rotatable bonds is 3. The molecule has 0 saturated heterocycles. The maximum Gasteiger partial charge on any atom is 0.0847 e. The number of nitrogens with two attached hydrogens (primary N) is 1. The minimum Gasteiger partial charge on any atom is -0.327 e. The molecule has 0 amide bonds. The second-order valence-electron chi connectivity index (χ2n) is 5.64. The minimum absolute atomic E-state index is 0.178. The van der Waals surface area contributed by atoms with Crippen LogP contribution in [-0.2, 0) is 13.5 Å². The zero-order valence-electron chi connectivity index (χ0n) is 11.0. The lowest BCUT2D eigenvalue weighted by atomic mass is 9.79. The number of aryl methyl sites for hydroxylation is 2. The fourth-order valence-corrected chi connectivity index (χ4v) is 3.15. The summed E-state index contributed by atoms with van der Waals surface area (Å²) in [5.41, 5.74) is 8.64. The zero-order chi connectivity index (χ0) is 12.6. The summed E-state index contributed by atoms with van der Waals surface area (Å²) in [4.78, 5) is 0. The molecule has 1 unspecified atom stereocenters. The van der Waals surface area contributed by atoms with Gasteiger partial charge in [-0.3, -0.25) is 4.68 Å². The van der Waals surface area contributed by atoms with Gasteiger partial charge >= 0.3 is 0 Å². The van der Waals surface area contributed by atoms with E-state index >= 15 is 0 Å². The summed E-state index contributed by atoms with van der Waals surface area (Å²) >= 11 is 6.27. The zero-order valence-corrected chi connectivity index (χ0v) is 11.7. The van der Waals surface area contributed by atoms with E-state index in [0.717, 1.165) is 22.8 Å². The second-order valence-corrected chi connectivity index (χ2v) is 6.02. The molecule has 2 rings (SSSR count). The first-order chi connectivity index (χ1) is 7.94. The van der Waals surface area contributed by atoms with Crippen LogP contribution in [0.3, 0.4) is 0 Å². The van der Waals surface area contributed by atoms with E-state index in [1.54, 1.807) is 0 Å². The quantitative estimate of drug-likeness (QED) is 0.903. The summed E-state index contributed by atoms with van der Waals surface area (Å²) in [6.45, 7) is 4.25. The van der Waals surface area contributed by atoms with E-state index in [2.05, 4.69) is 12.0 Å². The molecule has 17 heavy (non-hydrogen) atoms. The van der Waals surface area contributed by atoms with E-state index in [0.29, 0.717) is 0 Å².